The molecule has 0 saturated heterocycles. The van der Waals surface area contributed by atoms with Gasteiger partial charge in [0, 0.05) is 23.7 Å². The molecule has 154 valence electrons. The van der Waals surface area contributed by atoms with E-state index in [9.17, 15) is 4.79 Å². The van der Waals surface area contributed by atoms with E-state index in [1.54, 1.807) is 0 Å². The second-order valence-corrected chi connectivity index (χ2v) is 9.24. The molecule has 1 N–H and O–H groups in total. The van der Waals surface area contributed by atoms with Crippen molar-refractivity contribution in [3.8, 4) is 0 Å². The van der Waals surface area contributed by atoms with Crippen LogP contribution >= 0.6 is 0 Å². The molecular formula is C22H30N6O. The lowest BCUT2D eigenvalue weighted by atomic mass is 10.1. The van der Waals surface area contributed by atoms with Crippen molar-refractivity contribution in [2.75, 3.05) is 0 Å². The molecule has 2 aromatic heterocycles. The topological polar surface area (TPSA) is 79.7 Å². The fraction of sp³-hybridized carbons (Fsp3) is 0.545. The largest absolute Gasteiger partial charge is 0.322 e. The average molecular weight is 395 g/mol. The van der Waals surface area contributed by atoms with E-state index in [0.29, 0.717) is 19.1 Å². The number of nitrogens with one attached hydrogen (secondary N) is 1. The second-order valence-electron chi connectivity index (χ2n) is 9.24. The summed E-state index contributed by atoms with van der Waals surface area (Å²) in [5.41, 5.74) is 2.67. The number of H-pyrrole nitrogens is 1. The molecule has 7 nitrogen and oxygen atoms in total. The fourth-order valence-corrected chi connectivity index (χ4v) is 4.30. The van der Waals surface area contributed by atoms with Crippen LogP contribution in [0.2, 0.25) is 0 Å². The molecule has 0 bridgehead atoms. The molecule has 1 fully saturated rings. The van der Waals surface area contributed by atoms with Crippen molar-refractivity contribution in [2.24, 2.45) is 0 Å². The van der Waals surface area contributed by atoms with Crippen molar-refractivity contribution in [1.82, 2.24) is 30.1 Å². The van der Waals surface area contributed by atoms with E-state index >= 15 is 0 Å². The van der Waals surface area contributed by atoms with E-state index in [2.05, 4.69) is 59.2 Å². The summed E-state index contributed by atoms with van der Waals surface area (Å²) in [4.78, 5) is 18.2. The highest BCUT2D eigenvalue weighted by Crippen LogP contribution is 2.27. The van der Waals surface area contributed by atoms with Crippen LogP contribution in [0.25, 0.3) is 10.9 Å². The SMILES string of the molecule is Cc1ccc2[nH]c(=O)c(CN(Cc3nnnn3C(C)(C)C)C3CCCC3)cc2c1. The van der Waals surface area contributed by atoms with Gasteiger partial charge in [-0.3, -0.25) is 9.69 Å². The van der Waals surface area contributed by atoms with Crippen LogP contribution in [0.3, 0.4) is 0 Å². The van der Waals surface area contributed by atoms with Crippen molar-refractivity contribution >= 4 is 10.9 Å². The molecule has 1 aliphatic rings. The first kappa shape index (κ1) is 19.8. The Hall–Kier alpha value is -2.54. The van der Waals surface area contributed by atoms with Crippen LogP contribution in [0.15, 0.2) is 29.1 Å². The summed E-state index contributed by atoms with van der Waals surface area (Å²) in [6.07, 6.45) is 4.78. The van der Waals surface area contributed by atoms with Gasteiger partial charge in [0.2, 0.25) is 0 Å². The summed E-state index contributed by atoms with van der Waals surface area (Å²) in [7, 11) is 0. The highest BCUT2D eigenvalue weighted by atomic mass is 16.1. The lowest BCUT2D eigenvalue weighted by molar-refractivity contribution is 0.167. The summed E-state index contributed by atoms with van der Waals surface area (Å²) in [5, 5.41) is 13.5. The Morgan fingerprint density at radius 2 is 1.93 bits per heavy atom. The number of aryl methyl sites for hydroxylation is 1. The minimum atomic E-state index is -0.182. The van der Waals surface area contributed by atoms with Crippen molar-refractivity contribution < 1.29 is 0 Å². The van der Waals surface area contributed by atoms with E-state index in [1.165, 1.54) is 18.4 Å². The number of fused-ring (bicyclic) bond motifs is 1. The third-order valence-corrected chi connectivity index (χ3v) is 5.81. The number of aromatic nitrogens is 5. The van der Waals surface area contributed by atoms with Crippen LogP contribution < -0.4 is 5.56 Å². The van der Waals surface area contributed by atoms with E-state index in [0.717, 1.165) is 35.1 Å². The Kier molecular flexibility index (Phi) is 5.25. The summed E-state index contributed by atoms with van der Waals surface area (Å²) in [5.74, 6) is 0.845. The normalized spacial score (nSPS) is 15.6. The fourth-order valence-electron chi connectivity index (χ4n) is 4.30. The minimum Gasteiger partial charge on any atom is -0.322 e. The number of pyridine rings is 1. The van der Waals surface area contributed by atoms with E-state index < -0.39 is 0 Å². The Morgan fingerprint density at radius 1 is 1.17 bits per heavy atom. The smallest absolute Gasteiger partial charge is 0.252 e. The van der Waals surface area contributed by atoms with Gasteiger partial charge >= 0.3 is 0 Å². The number of hydrogen-bond donors (Lipinski definition) is 1. The molecule has 0 radical (unpaired) electrons. The van der Waals surface area contributed by atoms with Crippen molar-refractivity contribution in [1.29, 1.82) is 0 Å². The summed E-state index contributed by atoms with van der Waals surface area (Å²) in [6, 6.07) is 8.61. The maximum absolute atomic E-state index is 12.8. The number of hydrogen-bond acceptors (Lipinski definition) is 5. The molecule has 0 spiro atoms. The predicted octanol–water partition coefficient (Wildman–Crippen LogP) is 3.52. The Balaban J connectivity index is 1.67. The van der Waals surface area contributed by atoms with Crippen LogP contribution in [0.5, 0.6) is 0 Å². The third-order valence-electron chi connectivity index (χ3n) is 5.81. The van der Waals surface area contributed by atoms with Gasteiger partial charge in [0.05, 0.1) is 12.1 Å². The van der Waals surface area contributed by atoms with Gasteiger partial charge < -0.3 is 4.98 Å². The zero-order valence-electron chi connectivity index (χ0n) is 17.8. The molecular weight excluding hydrogens is 364 g/mol. The highest BCUT2D eigenvalue weighted by Gasteiger charge is 2.27. The Bertz CT molecular complexity index is 1060. The van der Waals surface area contributed by atoms with Gasteiger partial charge in [-0.2, -0.15) is 0 Å². The standard InChI is InChI=1S/C22H30N6O/c1-15-9-10-19-16(11-15)12-17(21(29)23-19)13-27(18-7-5-6-8-18)14-20-24-25-26-28(20)22(2,3)4/h9-12,18H,5-8,13-14H2,1-4H3,(H,23,29). The van der Waals surface area contributed by atoms with Crippen LogP contribution in [-0.4, -0.2) is 36.1 Å². The molecule has 0 atom stereocenters. The zero-order chi connectivity index (χ0) is 20.6. The van der Waals surface area contributed by atoms with Gasteiger partial charge in [-0.25, -0.2) is 4.68 Å². The zero-order valence-corrected chi connectivity index (χ0v) is 17.8. The van der Waals surface area contributed by atoms with Gasteiger partial charge in [0.15, 0.2) is 5.82 Å². The molecule has 3 aromatic rings. The maximum atomic E-state index is 12.8. The van der Waals surface area contributed by atoms with Crippen molar-refractivity contribution in [2.45, 2.75) is 78.0 Å². The number of aromatic amines is 1. The summed E-state index contributed by atoms with van der Waals surface area (Å²) >= 11 is 0. The van der Waals surface area contributed by atoms with Crippen LogP contribution in [0.4, 0.5) is 0 Å². The molecule has 2 heterocycles. The number of benzene rings is 1. The van der Waals surface area contributed by atoms with E-state index in [1.807, 2.05) is 22.9 Å². The molecule has 0 amide bonds. The van der Waals surface area contributed by atoms with E-state index in [-0.39, 0.29) is 11.1 Å². The molecule has 7 heteroatoms. The lowest BCUT2D eigenvalue weighted by Crippen LogP contribution is -2.36. The van der Waals surface area contributed by atoms with Crippen LogP contribution in [0, 0.1) is 6.92 Å². The quantitative estimate of drug-likeness (QED) is 0.716. The number of nitrogens with zero attached hydrogens (tertiary/aromatic N) is 5. The lowest BCUT2D eigenvalue weighted by Gasteiger charge is -2.29. The summed E-state index contributed by atoms with van der Waals surface area (Å²) in [6.45, 7) is 9.61. The van der Waals surface area contributed by atoms with E-state index in [4.69, 9.17) is 0 Å². The minimum absolute atomic E-state index is 0.0141. The van der Waals surface area contributed by atoms with Gasteiger partial charge in [-0.15, -0.1) is 5.10 Å². The molecule has 0 aliphatic heterocycles. The third kappa shape index (κ3) is 4.24. The van der Waals surface area contributed by atoms with Crippen LogP contribution in [0.1, 0.15) is 63.4 Å². The van der Waals surface area contributed by atoms with Gasteiger partial charge in [-0.05, 0) is 74.5 Å². The maximum Gasteiger partial charge on any atom is 0.252 e. The first-order chi connectivity index (χ1) is 13.8. The Morgan fingerprint density at radius 3 is 2.66 bits per heavy atom. The number of rotatable bonds is 5. The highest BCUT2D eigenvalue weighted by molar-refractivity contribution is 5.79. The molecule has 29 heavy (non-hydrogen) atoms. The Labute approximate surface area is 171 Å². The van der Waals surface area contributed by atoms with Gasteiger partial charge in [-0.1, -0.05) is 24.5 Å². The second kappa shape index (κ2) is 7.71. The molecule has 1 saturated carbocycles. The van der Waals surface area contributed by atoms with Crippen molar-refractivity contribution in [3.05, 3.63) is 51.6 Å². The van der Waals surface area contributed by atoms with Gasteiger partial charge in [0.25, 0.3) is 5.56 Å². The monoisotopic (exact) mass is 394 g/mol. The molecule has 1 aliphatic carbocycles. The summed E-state index contributed by atoms with van der Waals surface area (Å²) < 4.78 is 1.89. The first-order valence-corrected chi connectivity index (χ1v) is 10.5. The van der Waals surface area contributed by atoms with Gasteiger partial charge in [0.1, 0.15) is 0 Å². The molecule has 0 unspecified atom stereocenters. The predicted molar refractivity (Wildman–Crippen MR) is 114 cm³/mol. The average Bonchev–Trinajstić information content (AvgIpc) is 3.33. The number of tetrazole rings is 1. The van der Waals surface area contributed by atoms with Crippen molar-refractivity contribution in [3.63, 3.8) is 0 Å². The van der Waals surface area contributed by atoms with Crippen LogP contribution in [-0.2, 0) is 18.6 Å². The molecule has 4 rings (SSSR count). The molecule has 1 aromatic carbocycles. The first-order valence-electron chi connectivity index (χ1n) is 10.5.